The lowest BCUT2D eigenvalue weighted by Crippen LogP contribution is -2.42. The van der Waals surface area contributed by atoms with Gasteiger partial charge in [-0.25, -0.2) is 4.99 Å². The second-order valence-electron chi connectivity index (χ2n) is 7.83. The molecule has 3 aliphatic rings. The second kappa shape index (κ2) is 8.36. The molecule has 2 aromatic rings. The zero-order chi connectivity index (χ0) is 23.0. The molecular weight excluding hydrogens is 433 g/mol. The van der Waals surface area contributed by atoms with E-state index < -0.39 is 11.7 Å². The summed E-state index contributed by atoms with van der Waals surface area (Å²) in [6.45, 7) is 0.434. The van der Waals surface area contributed by atoms with Crippen molar-refractivity contribution in [2.75, 3.05) is 23.4 Å². The van der Waals surface area contributed by atoms with Crippen LogP contribution >= 0.6 is 0 Å². The predicted octanol–water partition coefficient (Wildman–Crippen LogP) is 3.74. The number of nitrogens with one attached hydrogen (secondary N) is 2. The van der Waals surface area contributed by atoms with E-state index in [1.54, 1.807) is 6.21 Å². The van der Waals surface area contributed by atoms with E-state index in [0.717, 1.165) is 29.1 Å². The third-order valence-electron chi connectivity index (χ3n) is 5.64. The van der Waals surface area contributed by atoms with Gasteiger partial charge in [0, 0.05) is 25.8 Å². The summed E-state index contributed by atoms with van der Waals surface area (Å²) in [7, 11) is 0. The van der Waals surface area contributed by atoms with Crippen molar-refractivity contribution in [1.82, 2.24) is 5.32 Å². The minimum atomic E-state index is -4.46. The average molecular weight is 454 g/mol. The molecule has 3 heterocycles. The second-order valence-corrected chi connectivity index (χ2v) is 7.83. The Morgan fingerprint density at radius 1 is 1.12 bits per heavy atom. The molecule has 0 aromatic heterocycles. The first-order valence-electron chi connectivity index (χ1n) is 10.5. The molecule has 0 saturated carbocycles. The highest BCUT2D eigenvalue weighted by Crippen LogP contribution is 2.42. The maximum Gasteiger partial charge on any atom is 0.416 e. The number of anilines is 2. The monoisotopic (exact) mass is 454 g/mol. The van der Waals surface area contributed by atoms with Gasteiger partial charge in [-0.3, -0.25) is 0 Å². The normalized spacial score (nSPS) is 19.2. The largest absolute Gasteiger partial charge is 0.416 e. The van der Waals surface area contributed by atoms with Gasteiger partial charge in [0.15, 0.2) is 5.82 Å². The summed E-state index contributed by atoms with van der Waals surface area (Å²) >= 11 is 0. The van der Waals surface area contributed by atoms with Crippen LogP contribution in [0.4, 0.5) is 24.5 Å². The van der Waals surface area contributed by atoms with Crippen molar-refractivity contribution in [3.63, 3.8) is 0 Å². The van der Waals surface area contributed by atoms with E-state index in [4.69, 9.17) is 5.11 Å². The molecule has 7 nitrogen and oxygen atoms in total. The van der Waals surface area contributed by atoms with Crippen LogP contribution < -0.4 is 15.5 Å². The smallest absolute Gasteiger partial charge is 0.396 e. The number of aliphatic hydroxyl groups excluding tert-OH is 1. The predicted molar refractivity (Wildman–Crippen MR) is 122 cm³/mol. The molecule has 170 valence electrons. The number of aliphatic imine (C=N–C) groups is 1. The van der Waals surface area contributed by atoms with Gasteiger partial charge in [0.25, 0.3) is 0 Å². The Morgan fingerprint density at radius 3 is 2.70 bits per heavy atom. The number of halogens is 3. The zero-order valence-corrected chi connectivity index (χ0v) is 17.5. The lowest BCUT2D eigenvalue weighted by molar-refractivity contribution is -0.137. The quantitative estimate of drug-likeness (QED) is 0.581. The summed E-state index contributed by atoms with van der Waals surface area (Å²) in [5.41, 5.74) is 2.72. The highest BCUT2D eigenvalue weighted by molar-refractivity contribution is 6.22. The van der Waals surface area contributed by atoms with Crippen LogP contribution in [0.3, 0.4) is 0 Å². The fourth-order valence-electron chi connectivity index (χ4n) is 4.04. The number of rotatable bonds is 6. The third kappa shape index (κ3) is 3.97. The Morgan fingerprint density at radius 2 is 1.94 bits per heavy atom. The van der Waals surface area contributed by atoms with Crippen molar-refractivity contribution < 1.29 is 18.3 Å². The molecule has 0 fully saturated rings. The van der Waals surface area contributed by atoms with E-state index in [0.29, 0.717) is 42.4 Å². The fourth-order valence-corrected chi connectivity index (χ4v) is 4.04. The summed E-state index contributed by atoms with van der Waals surface area (Å²) in [6.07, 6.45) is -1.72. The van der Waals surface area contributed by atoms with Gasteiger partial charge in [-0.2, -0.15) is 23.4 Å². The minimum absolute atomic E-state index is 0.00353. The lowest BCUT2D eigenvalue weighted by Gasteiger charge is -2.34. The molecule has 3 aliphatic heterocycles. The first-order chi connectivity index (χ1) is 16.0. The maximum atomic E-state index is 13.3. The van der Waals surface area contributed by atoms with E-state index >= 15 is 0 Å². The van der Waals surface area contributed by atoms with Crippen LogP contribution in [0.5, 0.6) is 0 Å². The average Bonchev–Trinajstić information content (AvgIpc) is 3.46. The van der Waals surface area contributed by atoms with E-state index in [1.165, 1.54) is 6.07 Å². The number of hydrogen-bond donors (Lipinski definition) is 3. The molecule has 0 amide bonds. The van der Waals surface area contributed by atoms with E-state index in [9.17, 15) is 13.2 Å². The van der Waals surface area contributed by atoms with Gasteiger partial charge in [0.05, 0.1) is 28.4 Å². The summed E-state index contributed by atoms with van der Waals surface area (Å²) in [4.78, 5) is 6.42. The van der Waals surface area contributed by atoms with Gasteiger partial charge >= 0.3 is 6.18 Å². The Kier molecular flexibility index (Phi) is 5.37. The zero-order valence-electron chi connectivity index (χ0n) is 17.5. The molecule has 5 rings (SSSR count). The summed E-state index contributed by atoms with van der Waals surface area (Å²) in [5.74, 6) is 1.04. The highest BCUT2D eigenvalue weighted by Gasteiger charge is 2.39. The molecular formula is C23H21F3N6O. The molecule has 0 spiro atoms. The van der Waals surface area contributed by atoms with Gasteiger partial charge in [-0.15, -0.1) is 0 Å². The SMILES string of the molecule is OCCCNC1=C2N=CC(C3=NN=C(c4ccccc4)C3)N2c2ccc(C(F)(F)F)cc2N1. The molecule has 0 saturated heterocycles. The van der Waals surface area contributed by atoms with Crippen molar-refractivity contribution in [2.45, 2.75) is 25.1 Å². The molecule has 1 atom stereocenters. The number of fused-ring (bicyclic) bond motifs is 3. The van der Waals surface area contributed by atoms with Crippen molar-refractivity contribution in [1.29, 1.82) is 0 Å². The number of aliphatic hydroxyl groups is 1. The Hall–Kier alpha value is -3.66. The molecule has 2 aromatic carbocycles. The molecule has 10 heteroatoms. The minimum Gasteiger partial charge on any atom is -0.396 e. The number of nitrogens with zero attached hydrogens (tertiary/aromatic N) is 4. The van der Waals surface area contributed by atoms with Crippen molar-refractivity contribution in [2.24, 2.45) is 15.2 Å². The van der Waals surface area contributed by atoms with Crippen molar-refractivity contribution >= 4 is 29.0 Å². The molecule has 0 bridgehead atoms. The summed E-state index contributed by atoms with van der Waals surface area (Å²) < 4.78 is 40.0. The first-order valence-corrected chi connectivity index (χ1v) is 10.5. The maximum absolute atomic E-state index is 13.3. The summed E-state index contributed by atoms with van der Waals surface area (Å²) in [5, 5.41) is 24.0. The van der Waals surface area contributed by atoms with E-state index in [2.05, 4.69) is 25.8 Å². The van der Waals surface area contributed by atoms with Gasteiger partial charge in [0.1, 0.15) is 11.9 Å². The van der Waals surface area contributed by atoms with Crippen LogP contribution in [0.1, 0.15) is 24.0 Å². The topological polar surface area (TPSA) is 84.6 Å². The summed E-state index contributed by atoms with van der Waals surface area (Å²) in [6, 6.07) is 13.0. The molecule has 1 unspecified atom stereocenters. The molecule has 0 aliphatic carbocycles. The standard InChI is InChI=1S/C23H21F3N6O/c24-23(25,26)15-7-8-19-17(11-15)29-21(27-9-4-10-33)22-28-13-20(32(19)22)18-12-16(30-31-18)14-5-2-1-3-6-14/h1-3,5-8,11,13,20,27,29,33H,4,9-10,12H2. The van der Waals surface area contributed by atoms with Crippen LogP contribution in [-0.4, -0.2) is 41.9 Å². The van der Waals surface area contributed by atoms with Gasteiger partial charge in [-0.1, -0.05) is 30.3 Å². The van der Waals surface area contributed by atoms with Crippen LogP contribution in [0.2, 0.25) is 0 Å². The molecule has 33 heavy (non-hydrogen) atoms. The van der Waals surface area contributed by atoms with Crippen LogP contribution in [0, 0.1) is 0 Å². The highest BCUT2D eigenvalue weighted by atomic mass is 19.4. The van der Waals surface area contributed by atoms with Crippen molar-refractivity contribution in [3.05, 3.63) is 71.3 Å². The molecule has 0 radical (unpaired) electrons. The Bertz CT molecular complexity index is 1190. The van der Waals surface area contributed by atoms with Crippen LogP contribution in [-0.2, 0) is 6.18 Å². The van der Waals surface area contributed by atoms with Gasteiger partial charge in [0.2, 0.25) is 0 Å². The first kappa shape index (κ1) is 21.2. The molecule has 3 N–H and O–H groups in total. The fraction of sp³-hybridized carbons (Fsp3) is 0.261. The van der Waals surface area contributed by atoms with E-state index in [1.807, 2.05) is 35.2 Å². The Labute approximate surface area is 188 Å². The lowest BCUT2D eigenvalue weighted by atomic mass is 10.0. The van der Waals surface area contributed by atoms with Gasteiger partial charge < -0.3 is 20.6 Å². The third-order valence-corrected chi connectivity index (χ3v) is 5.64. The number of benzene rings is 2. The van der Waals surface area contributed by atoms with Crippen LogP contribution in [0.25, 0.3) is 0 Å². The number of hydrogen-bond acceptors (Lipinski definition) is 7. The number of alkyl halides is 3. The Balaban J connectivity index is 1.47. The van der Waals surface area contributed by atoms with Crippen LogP contribution in [0.15, 0.2) is 75.4 Å². The van der Waals surface area contributed by atoms with Crippen molar-refractivity contribution in [3.8, 4) is 0 Å². The van der Waals surface area contributed by atoms with Gasteiger partial charge in [-0.05, 0) is 30.2 Å². The van der Waals surface area contributed by atoms with E-state index in [-0.39, 0.29) is 12.6 Å².